The van der Waals surface area contributed by atoms with Crippen LogP contribution in [0.4, 0.5) is 5.69 Å². The Morgan fingerprint density at radius 2 is 1.48 bits per heavy atom. The van der Waals surface area contributed by atoms with Gasteiger partial charge in [-0.25, -0.2) is 8.42 Å². The molecular weight excluding hydrogens is 408 g/mol. The summed E-state index contributed by atoms with van der Waals surface area (Å²) in [5.41, 5.74) is 3.89. The van der Waals surface area contributed by atoms with Crippen LogP contribution in [0.1, 0.15) is 5.56 Å². The molecule has 2 heterocycles. The highest BCUT2D eigenvalue weighted by molar-refractivity contribution is 7.92. The van der Waals surface area contributed by atoms with Crippen LogP contribution < -0.4 is 9.04 Å². The number of rotatable bonds is 5. The van der Waals surface area contributed by atoms with Crippen molar-refractivity contribution in [3.8, 4) is 22.6 Å². The first-order valence-corrected chi connectivity index (χ1v) is 11.4. The second-order valence-corrected chi connectivity index (χ2v) is 9.16. The van der Waals surface area contributed by atoms with Crippen molar-refractivity contribution in [1.82, 2.24) is 4.98 Å². The van der Waals surface area contributed by atoms with Crippen molar-refractivity contribution in [3.05, 3.63) is 103 Å². The molecule has 4 aromatic rings. The molecule has 0 saturated heterocycles. The monoisotopic (exact) mass is 428 g/mol. The molecule has 0 spiro atoms. The fourth-order valence-electron chi connectivity index (χ4n) is 3.78. The van der Waals surface area contributed by atoms with Gasteiger partial charge in [0.05, 0.1) is 10.6 Å². The minimum Gasteiger partial charge on any atom is -0.457 e. The molecule has 3 aromatic carbocycles. The Morgan fingerprint density at radius 3 is 2.23 bits per heavy atom. The molecule has 0 aliphatic carbocycles. The van der Waals surface area contributed by atoms with E-state index in [1.807, 2.05) is 54.6 Å². The average Bonchev–Trinajstić information content (AvgIpc) is 3.25. The zero-order valence-electron chi connectivity index (χ0n) is 16.7. The van der Waals surface area contributed by atoms with Gasteiger partial charge in [0.25, 0.3) is 10.0 Å². The number of anilines is 1. The summed E-state index contributed by atoms with van der Waals surface area (Å²) >= 11 is 0. The van der Waals surface area contributed by atoms with E-state index in [-0.39, 0.29) is 4.90 Å². The number of aromatic nitrogens is 1. The predicted molar refractivity (Wildman–Crippen MR) is 121 cm³/mol. The van der Waals surface area contributed by atoms with Gasteiger partial charge in [0.2, 0.25) is 0 Å². The van der Waals surface area contributed by atoms with Gasteiger partial charge in [-0.2, -0.15) is 0 Å². The summed E-state index contributed by atoms with van der Waals surface area (Å²) in [7, 11) is -3.65. The quantitative estimate of drug-likeness (QED) is 0.433. The largest absolute Gasteiger partial charge is 0.457 e. The molecule has 0 atom stereocenters. The van der Waals surface area contributed by atoms with Crippen LogP contribution in [0, 0.1) is 0 Å². The smallest absolute Gasteiger partial charge is 0.264 e. The zero-order chi connectivity index (χ0) is 21.3. The van der Waals surface area contributed by atoms with Crippen LogP contribution in [0.5, 0.6) is 11.5 Å². The fraction of sp³-hybridized carbons (Fsp3) is 0.0800. The van der Waals surface area contributed by atoms with E-state index in [9.17, 15) is 8.42 Å². The highest BCUT2D eigenvalue weighted by atomic mass is 32.2. The first-order valence-electron chi connectivity index (χ1n) is 10.0. The Kier molecular flexibility index (Phi) is 4.92. The molecule has 0 N–H and O–H groups in total. The van der Waals surface area contributed by atoms with Gasteiger partial charge in [0.1, 0.15) is 11.5 Å². The van der Waals surface area contributed by atoms with E-state index in [0.29, 0.717) is 24.5 Å². The van der Waals surface area contributed by atoms with Crippen molar-refractivity contribution in [2.45, 2.75) is 11.3 Å². The standard InChI is InChI=1S/C25H20N2O3S/c28-31(29,24-9-7-23(8-10-24)30-22-4-2-1-3-5-22)27-17-14-21-18-20(6-11-25(21)27)19-12-15-26-16-13-19/h1-13,15-16,18H,14,17H2. The zero-order valence-corrected chi connectivity index (χ0v) is 17.5. The Labute approximate surface area is 181 Å². The average molecular weight is 429 g/mol. The molecule has 1 aromatic heterocycles. The number of nitrogens with zero attached hydrogens (tertiary/aromatic N) is 2. The molecule has 0 amide bonds. The molecular formula is C25H20N2O3S. The van der Waals surface area contributed by atoms with Crippen molar-refractivity contribution in [2.75, 3.05) is 10.8 Å². The third-order valence-electron chi connectivity index (χ3n) is 5.34. The van der Waals surface area contributed by atoms with E-state index < -0.39 is 10.0 Å². The molecule has 154 valence electrons. The number of hydrogen-bond acceptors (Lipinski definition) is 4. The Balaban J connectivity index is 1.40. The Hall–Kier alpha value is -3.64. The second kappa shape index (κ2) is 7.89. The molecule has 5 nitrogen and oxygen atoms in total. The first-order chi connectivity index (χ1) is 15.1. The lowest BCUT2D eigenvalue weighted by atomic mass is 10.0. The van der Waals surface area contributed by atoms with E-state index in [2.05, 4.69) is 11.1 Å². The van der Waals surface area contributed by atoms with Crippen LogP contribution in [0.2, 0.25) is 0 Å². The van der Waals surface area contributed by atoms with Crippen molar-refractivity contribution in [1.29, 1.82) is 0 Å². The summed E-state index contributed by atoms with van der Waals surface area (Å²) in [6, 6.07) is 25.8. The highest BCUT2D eigenvalue weighted by Gasteiger charge is 2.31. The molecule has 1 aliphatic rings. The number of fused-ring (bicyclic) bond motifs is 1. The third-order valence-corrected chi connectivity index (χ3v) is 7.16. The Morgan fingerprint density at radius 1 is 0.774 bits per heavy atom. The summed E-state index contributed by atoms with van der Waals surface area (Å²) in [6.45, 7) is 0.430. The van der Waals surface area contributed by atoms with E-state index >= 15 is 0 Å². The van der Waals surface area contributed by atoms with Crippen LogP contribution in [0.3, 0.4) is 0 Å². The molecule has 0 bridgehead atoms. The van der Waals surface area contributed by atoms with Crippen LogP contribution in [0.15, 0.2) is 102 Å². The van der Waals surface area contributed by atoms with Gasteiger partial charge in [-0.1, -0.05) is 24.3 Å². The summed E-state index contributed by atoms with van der Waals surface area (Å²) in [6.07, 6.45) is 4.19. The lowest BCUT2D eigenvalue weighted by Gasteiger charge is -2.20. The molecule has 6 heteroatoms. The maximum Gasteiger partial charge on any atom is 0.264 e. The van der Waals surface area contributed by atoms with Gasteiger partial charge < -0.3 is 4.74 Å². The van der Waals surface area contributed by atoms with Crippen LogP contribution >= 0.6 is 0 Å². The summed E-state index contributed by atoms with van der Waals surface area (Å²) in [5, 5.41) is 0. The van der Waals surface area contributed by atoms with Crippen LogP contribution in [-0.4, -0.2) is 19.9 Å². The summed E-state index contributed by atoms with van der Waals surface area (Å²) in [5.74, 6) is 1.30. The Bertz CT molecular complexity index is 1310. The van der Waals surface area contributed by atoms with Crippen LogP contribution in [0.25, 0.3) is 11.1 Å². The maximum atomic E-state index is 13.3. The lowest BCUT2D eigenvalue weighted by molar-refractivity contribution is 0.482. The van der Waals surface area contributed by atoms with E-state index in [0.717, 1.165) is 22.4 Å². The van der Waals surface area contributed by atoms with Crippen molar-refractivity contribution in [2.24, 2.45) is 0 Å². The minimum absolute atomic E-state index is 0.249. The topological polar surface area (TPSA) is 59.5 Å². The van der Waals surface area contributed by atoms with Gasteiger partial charge in [0, 0.05) is 18.9 Å². The minimum atomic E-state index is -3.65. The number of hydrogen-bond donors (Lipinski definition) is 0. The number of benzene rings is 3. The molecule has 0 unspecified atom stereocenters. The highest BCUT2D eigenvalue weighted by Crippen LogP contribution is 2.36. The third kappa shape index (κ3) is 3.78. The first kappa shape index (κ1) is 19.3. The number of sulfonamides is 1. The predicted octanol–water partition coefficient (Wildman–Crippen LogP) is 5.29. The lowest BCUT2D eigenvalue weighted by Crippen LogP contribution is -2.29. The van der Waals surface area contributed by atoms with Crippen LogP contribution in [-0.2, 0) is 16.4 Å². The summed E-state index contributed by atoms with van der Waals surface area (Å²) in [4.78, 5) is 4.30. The number of pyridine rings is 1. The van der Waals surface area contributed by atoms with E-state index in [1.54, 1.807) is 36.7 Å². The van der Waals surface area contributed by atoms with Gasteiger partial charge in [-0.05, 0) is 83.8 Å². The van der Waals surface area contributed by atoms with Crippen molar-refractivity contribution >= 4 is 15.7 Å². The molecule has 0 saturated carbocycles. The molecule has 5 rings (SSSR count). The molecule has 0 fully saturated rings. The molecule has 1 aliphatic heterocycles. The summed E-state index contributed by atoms with van der Waals surface area (Å²) < 4.78 is 33.9. The maximum absolute atomic E-state index is 13.3. The van der Waals surface area contributed by atoms with Gasteiger partial charge in [-0.15, -0.1) is 0 Å². The van der Waals surface area contributed by atoms with Gasteiger partial charge >= 0.3 is 0 Å². The van der Waals surface area contributed by atoms with Crippen molar-refractivity contribution < 1.29 is 13.2 Å². The van der Waals surface area contributed by atoms with E-state index in [4.69, 9.17) is 4.74 Å². The van der Waals surface area contributed by atoms with Gasteiger partial charge in [-0.3, -0.25) is 9.29 Å². The van der Waals surface area contributed by atoms with E-state index in [1.165, 1.54) is 4.31 Å². The van der Waals surface area contributed by atoms with Crippen molar-refractivity contribution in [3.63, 3.8) is 0 Å². The fourth-order valence-corrected chi connectivity index (χ4v) is 5.28. The molecule has 0 radical (unpaired) electrons. The molecule has 31 heavy (non-hydrogen) atoms. The number of ether oxygens (including phenoxy) is 1. The SMILES string of the molecule is O=S(=O)(c1ccc(Oc2ccccc2)cc1)N1CCc2cc(-c3ccncc3)ccc21. The second-order valence-electron chi connectivity index (χ2n) is 7.29. The van der Waals surface area contributed by atoms with Gasteiger partial charge in [0.15, 0.2) is 0 Å². The number of para-hydroxylation sites is 1. The normalized spacial score (nSPS) is 13.1.